The lowest BCUT2D eigenvalue weighted by atomic mass is 10.0. The summed E-state index contributed by atoms with van der Waals surface area (Å²) in [4.78, 5) is 1.85. The van der Waals surface area contributed by atoms with Crippen LogP contribution in [0.25, 0.3) is 10.9 Å². The number of halogens is 4. The van der Waals surface area contributed by atoms with Crippen molar-refractivity contribution in [3.8, 4) is 0 Å². The molecule has 0 spiro atoms. The number of rotatable bonds is 3. The van der Waals surface area contributed by atoms with Crippen LogP contribution in [0.1, 0.15) is 12.5 Å². The van der Waals surface area contributed by atoms with E-state index >= 15 is 0 Å². The summed E-state index contributed by atoms with van der Waals surface area (Å²) in [6, 6.07) is 4.60. The summed E-state index contributed by atoms with van der Waals surface area (Å²) in [5, 5.41) is 2.13. The van der Waals surface area contributed by atoms with Crippen LogP contribution in [0.2, 0.25) is 0 Å². The highest BCUT2D eigenvalue weighted by atomic mass is 35.5. The van der Waals surface area contributed by atoms with E-state index in [1.807, 2.05) is 4.90 Å². The highest BCUT2D eigenvalue weighted by Crippen LogP contribution is 2.43. The molecule has 0 saturated carbocycles. The number of piperazine rings is 1. The fourth-order valence-corrected chi connectivity index (χ4v) is 6.14. The van der Waals surface area contributed by atoms with E-state index in [1.165, 1.54) is 25.1 Å². The molecular weight excluding hydrogens is 439 g/mol. The van der Waals surface area contributed by atoms with E-state index < -0.39 is 31.9 Å². The molecule has 2 heterocycles. The maximum atomic E-state index is 14.0. The van der Waals surface area contributed by atoms with Gasteiger partial charge in [0.15, 0.2) is 0 Å². The van der Waals surface area contributed by atoms with Crippen LogP contribution in [0.3, 0.4) is 0 Å². The summed E-state index contributed by atoms with van der Waals surface area (Å²) >= 11 is 6.29. The fourth-order valence-electron chi connectivity index (χ4n) is 3.95. The maximum Gasteiger partial charge on any atom is 0.418 e. The molecule has 1 aliphatic carbocycles. The van der Waals surface area contributed by atoms with Gasteiger partial charge >= 0.3 is 6.18 Å². The van der Waals surface area contributed by atoms with Gasteiger partial charge in [-0.1, -0.05) is 30.4 Å². The second kappa shape index (κ2) is 7.32. The number of anilines is 1. The predicted octanol–water partition coefficient (Wildman–Crippen LogP) is 3.74. The maximum absolute atomic E-state index is 14.0. The predicted molar refractivity (Wildman–Crippen MR) is 113 cm³/mol. The van der Waals surface area contributed by atoms with E-state index in [4.69, 9.17) is 11.6 Å². The van der Waals surface area contributed by atoms with Crippen molar-refractivity contribution in [1.82, 2.24) is 9.29 Å². The Morgan fingerprint density at radius 2 is 1.90 bits per heavy atom. The van der Waals surface area contributed by atoms with Crippen LogP contribution in [-0.2, 0) is 16.2 Å². The van der Waals surface area contributed by atoms with Gasteiger partial charge in [-0.25, -0.2) is 12.4 Å². The Labute approximate surface area is 177 Å². The molecule has 1 aromatic carbocycles. The van der Waals surface area contributed by atoms with Gasteiger partial charge in [0.05, 0.1) is 16.5 Å². The number of aromatic nitrogens is 1. The normalized spacial score (nSPS) is 25.2. The van der Waals surface area contributed by atoms with Crippen molar-refractivity contribution in [3.05, 3.63) is 54.3 Å². The lowest BCUT2D eigenvalue weighted by Gasteiger charge is -2.32. The van der Waals surface area contributed by atoms with E-state index in [2.05, 4.69) is 5.32 Å². The number of hydrogen-bond acceptors (Lipinski definition) is 4. The number of fused-ring (bicyclic) bond motifs is 1. The first-order valence-electron chi connectivity index (χ1n) is 9.49. The molecular formula is C20H21ClF3N3O2S. The second-order valence-corrected chi connectivity index (χ2v) is 10.3. The monoisotopic (exact) mass is 459 g/mol. The first-order valence-corrected chi connectivity index (χ1v) is 11.4. The topological polar surface area (TPSA) is 54.3 Å². The molecule has 1 saturated heterocycles. The van der Waals surface area contributed by atoms with Gasteiger partial charge in [0, 0.05) is 43.4 Å². The van der Waals surface area contributed by atoms with Crippen LogP contribution in [0, 0.1) is 0 Å². The minimum Gasteiger partial charge on any atom is -0.368 e. The van der Waals surface area contributed by atoms with Gasteiger partial charge in [-0.15, -0.1) is 11.6 Å². The fraction of sp³-hybridized carbons (Fsp3) is 0.400. The molecule has 10 heteroatoms. The van der Waals surface area contributed by atoms with Crippen molar-refractivity contribution in [3.63, 3.8) is 0 Å². The number of nitrogens with zero attached hydrogens (tertiary/aromatic N) is 2. The van der Waals surface area contributed by atoms with Gasteiger partial charge in [-0.05, 0) is 19.1 Å². The van der Waals surface area contributed by atoms with Crippen LogP contribution in [0.4, 0.5) is 18.9 Å². The Morgan fingerprint density at radius 1 is 1.20 bits per heavy atom. The van der Waals surface area contributed by atoms with Gasteiger partial charge < -0.3 is 10.2 Å². The van der Waals surface area contributed by atoms with Crippen LogP contribution < -0.4 is 10.2 Å². The number of benzene rings is 1. The molecule has 162 valence electrons. The summed E-state index contributed by atoms with van der Waals surface area (Å²) < 4.78 is 68.3. The zero-order valence-electron chi connectivity index (χ0n) is 16.2. The van der Waals surface area contributed by atoms with Gasteiger partial charge in [0.1, 0.15) is 4.75 Å². The summed E-state index contributed by atoms with van der Waals surface area (Å²) in [5.41, 5.74) is -0.603. The van der Waals surface area contributed by atoms with Crippen molar-refractivity contribution in [1.29, 1.82) is 0 Å². The highest BCUT2D eigenvalue weighted by molar-refractivity contribution is 7.91. The van der Waals surface area contributed by atoms with Crippen molar-refractivity contribution in [2.24, 2.45) is 0 Å². The summed E-state index contributed by atoms with van der Waals surface area (Å²) in [6.07, 6.45) is 2.06. The van der Waals surface area contributed by atoms with Crippen molar-refractivity contribution >= 4 is 38.2 Å². The molecule has 1 N–H and O–H groups in total. The molecule has 5 nitrogen and oxygen atoms in total. The Balaban J connectivity index is 1.98. The lowest BCUT2D eigenvalue weighted by molar-refractivity contribution is -0.136. The molecule has 1 aliphatic heterocycles. The lowest BCUT2D eigenvalue weighted by Crippen LogP contribution is -2.45. The molecule has 1 fully saturated rings. The zero-order chi connectivity index (χ0) is 21.7. The number of alkyl halides is 4. The molecule has 1 aromatic heterocycles. The molecule has 2 atom stereocenters. The average Bonchev–Trinajstić information content (AvgIpc) is 3.12. The third-order valence-electron chi connectivity index (χ3n) is 5.72. The molecule has 2 unspecified atom stereocenters. The number of allylic oxidation sites excluding steroid dienone is 3. The first-order chi connectivity index (χ1) is 14.1. The second-order valence-electron chi connectivity index (χ2n) is 7.58. The zero-order valence-corrected chi connectivity index (χ0v) is 17.7. The average molecular weight is 460 g/mol. The van der Waals surface area contributed by atoms with Crippen LogP contribution in [0.5, 0.6) is 0 Å². The van der Waals surface area contributed by atoms with Crippen molar-refractivity contribution < 1.29 is 21.6 Å². The van der Waals surface area contributed by atoms with Crippen molar-refractivity contribution in [2.75, 3.05) is 31.1 Å². The Kier molecular flexibility index (Phi) is 5.19. The number of hydrogen-bond donors (Lipinski definition) is 1. The van der Waals surface area contributed by atoms with E-state index in [1.54, 1.807) is 24.3 Å². The van der Waals surface area contributed by atoms with E-state index in [0.29, 0.717) is 38.1 Å². The van der Waals surface area contributed by atoms with Gasteiger partial charge in [0.25, 0.3) is 0 Å². The standard InChI is InChI=1S/C20H21ClF3N3O2S/c1-19(8-3-2-7-17(19)21)30(28,29)27-13-14(20(22,23)24)18-15(5-4-6-16(18)27)26-11-9-25-10-12-26/h2-8,13,17,25H,9-12H2,1H3. The quantitative estimate of drug-likeness (QED) is 0.710. The first kappa shape index (κ1) is 21.3. The minimum absolute atomic E-state index is 0.00796. The van der Waals surface area contributed by atoms with Gasteiger partial charge in [0.2, 0.25) is 10.0 Å². The molecule has 0 bridgehead atoms. The van der Waals surface area contributed by atoms with E-state index in [9.17, 15) is 21.6 Å². The minimum atomic E-state index is -4.72. The molecule has 0 amide bonds. The summed E-state index contributed by atoms with van der Waals surface area (Å²) in [7, 11) is -4.31. The van der Waals surface area contributed by atoms with E-state index in [-0.39, 0.29) is 10.9 Å². The third-order valence-corrected chi connectivity index (χ3v) is 8.77. The Bertz CT molecular complexity index is 1130. The third kappa shape index (κ3) is 3.23. The largest absolute Gasteiger partial charge is 0.418 e. The SMILES string of the molecule is CC1(S(=O)(=O)n2cc(C(F)(F)F)c3c(N4CCNCC4)cccc32)C=CC=CC1Cl. The summed E-state index contributed by atoms with van der Waals surface area (Å²) in [5.74, 6) is 0. The summed E-state index contributed by atoms with van der Waals surface area (Å²) in [6.45, 7) is 3.76. The molecule has 2 aliphatic rings. The van der Waals surface area contributed by atoms with Crippen LogP contribution in [0.15, 0.2) is 48.7 Å². The van der Waals surface area contributed by atoms with Gasteiger partial charge in [-0.2, -0.15) is 13.2 Å². The smallest absolute Gasteiger partial charge is 0.368 e. The molecule has 30 heavy (non-hydrogen) atoms. The molecule has 0 radical (unpaired) electrons. The van der Waals surface area contributed by atoms with Crippen molar-refractivity contribution in [2.45, 2.75) is 23.2 Å². The molecule has 4 rings (SSSR count). The molecule has 2 aromatic rings. The Hall–Kier alpha value is -1.97. The van der Waals surface area contributed by atoms with Crippen LogP contribution >= 0.6 is 11.6 Å². The van der Waals surface area contributed by atoms with Crippen LogP contribution in [-0.4, -0.2) is 48.7 Å². The van der Waals surface area contributed by atoms with E-state index in [0.717, 1.165) is 3.97 Å². The van der Waals surface area contributed by atoms with Gasteiger partial charge in [-0.3, -0.25) is 0 Å². The Morgan fingerprint density at radius 3 is 2.53 bits per heavy atom. The number of nitrogens with one attached hydrogen (secondary N) is 1. The highest BCUT2D eigenvalue weighted by Gasteiger charge is 2.47.